The lowest BCUT2D eigenvalue weighted by atomic mass is 9.97. The summed E-state index contributed by atoms with van der Waals surface area (Å²) in [5.41, 5.74) is 1.21. The van der Waals surface area contributed by atoms with Gasteiger partial charge in [-0.15, -0.1) is 0 Å². The van der Waals surface area contributed by atoms with E-state index < -0.39 is 0 Å². The molecule has 0 N–H and O–H groups in total. The van der Waals surface area contributed by atoms with Gasteiger partial charge in [-0.25, -0.2) is 0 Å². The molecule has 0 radical (unpaired) electrons. The standard InChI is InChI=1S/C17H26N2/c1-2-3-11-19-12-9-17(10-13-19)15-18-14-16-7-5-4-6-8-16/h4-8,14,17H,2-3,9-13,15H2,1H3. The van der Waals surface area contributed by atoms with Crippen LogP contribution < -0.4 is 0 Å². The third-order valence-electron chi connectivity index (χ3n) is 3.94. The van der Waals surface area contributed by atoms with Crippen molar-refractivity contribution in [3.63, 3.8) is 0 Å². The van der Waals surface area contributed by atoms with Gasteiger partial charge in [-0.1, -0.05) is 43.7 Å². The molecule has 1 fully saturated rings. The number of unbranched alkanes of at least 4 members (excludes halogenated alkanes) is 1. The van der Waals surface area contributed by atoms with E-state index in [1.165, 1.54) is 50.9 Å². The van der Waals surface area contributed by atoms with Crippen molar-refractivity contribution in [3.8, 4) is 0 Å². The van der Waals surface area contributed by atoms with Crippen LogP contribution in [0, 0.1) is 5.92 Å². The summed E-state index contributed by atoms with van der Waals surface area (Å²) in [4.78, 5) is 7.22. The maximum Gasteiger partial charge on any atom is 0.0418 e. The Labute approximate surface area is 117 Å². The van der Waals surface area contributed by atoms with E-state index in [2.05, 4.69) is 41.1 Å². The molecule has 1 aromatic rings. The molecule has 1 aliphatic rings. The van der Waals surface area contributed by atoms with Gasteiger partial charge >= 0.3 is 0 Å². The summed E-state index contributed by atoms with van der Waals surface area (Å²) in [6.07, 6.45) is 7.30. The Morgan fingerprint density at radius 2 is 1.95 bits per heavy atom. The molecule has 0 atom stereocenters. The minimum Gasteiger partial charge on any atom is -0.303 e. The molecule has 0 aliphatic carbocycles. The molecular weight excluding hydrogens is 232 g/mol. The first-order chi connectivity index (χ1) is 9.38. The average Bonchev–Trinajstić information content (AvgIpc) is 2.47. The summed E-state index contributed by atoms with van der Waals surface area (Å²) in [6, 6.07) is 10.4. The van der Waals surface area contributed by atoms with Crippen LogP contribution in [0.25, 0.3) is 0 Å². The molecule has 104 valence electrons. The predicted molar refractivity (Wildman–Crippen MR) is 83.0 cm³/mol. The molecule has 1 saturated heterocycles. The molecule has 2 nitrogen and oxygen atoms in total. The lowest BCUT2D eigenvalue weighted by Crippen LogP contribution is -2.35. The van der Waals surface area contributed by atoms with Crippen molar-refractivity contribution in [1.82, 2.24) is 4.90 Å². The fourth-order valence-electron chi connectivity index (χ4n) is 2.62. The summed E-state index contributed by atoms with van der Waals surface area (Å²) in [7, 11) is 0. The number of rotatable bonds is 6. The summed E-state index contributed by atoms with van der Waals surface area (Å²) in [6.45, 7) is 7.09. The Kier molecular flexibility index (Phi) is 6.09. The van der Waals surface area contributed by atoms with Crippen LogP contribution in [0.1, 0.15) is 38.2 Å². The van der Waals surface area contributed by atoms with E-state index in [1.54, 1.807) is 0 Å². The fraction of sp³-hybridized carbons (Fsp3) is 0.588. The van der Waals surface area contributed by atoms with Crippen molar-refractivity contribution >= 4 is 6.21 Å². The smallest absolute Gasteiger partial charge is 0.0418 e. The number of piperidine rings is 1. The van der Waals surface area contributed by atoms with Crippen molar-refractivity contribution in [2.24, 2.45) is 10.9 Å². The van der Waals surface area contributed by atoms with E-state index in [4.69, 9.17) is 0 Å². The minimum absolute atomic E-state index is 0.790. The van der Waals surface area contributed by atoms with Crippen LogP contribution in [-0.4, -0.2) is 37.3 Å². The molecule has 0 unspecified atom stereocenters. The first kappa shape index (κ1) is 14.3. The summed E-state index contributed by atoms with van der Waals surface area (Å²) < 4.78 is 0. The molecule has 1 heterocycles. The maximum absolute atomic E-state index is 4.61. The quantitative estimate of drug-likeness (QED) is 0.712. The second kappa shape index (κ2) is 8.11. The lowest BCUT2D eigenvalue weighted by molar-refractivity contribution is 0.186. The topological polar surface area (TPSA) is 15.6 Å². The highest BCUT2D eigenvalue weighted by atomic mass is 15.1. The molecule has 2 heteroatoms. The normalized spacial score (nSPS) is 18.2. The first-order valence-corrected chi connectivity index (χ1v) is 7.65. The van der Waals surface area contributed by atoms with Gasteiger partial charge < -0.3 is 4.90 Å². The maximum atomic E-state index is 4.61. The minimum atomic E-state index is 0.790. The van der Waals surface area contributed by atoms with Crippen molar-refractivity contribution in [2.45, 2.75) is 32.6 Å². The second-order valence-electron chi connectivity index (χ2n) is 5.54. The highest BCUT2D eigenvalue weighted by Gasteiger charge is 2.17. The first-order valence-electron chi connectivity index (χ1n) is 7.65. The van der Waals surface area contributed by atoms with Gasteiger partial charge in [-0.3, -0.25) is 4.99 Å². The Balaban J connectivity index is 1.67. The van der Waals surface area contributed by atoms with Gasteiger partial charge in [0.05, 0.1) is 0 Å². The molecule has 19 heavy (non-hydrogen) atoms. The van der Waals surface area contributed by atoms with E-state index >= 15 is 0 Å². The van der Waals surface area contributed by atoms with E-state index in [-0.39, 0.29) is 0 Å². The monoisotopic (exact) mass is 258 g/mol. The molecule has 1 aliphatic heterocycles. The van der Waals surface area contributed by atoms with Crippen molar-refractivity contribution in [2.75, 3.05) is 26.2 Å². The van der Waals surface area contributed by atoms with Crippen molar-refractivity contribution < 1.29 is 0 Å². The van der Waals surface area contributed by atoms with Gasteiger partial charge in [-0.2, -0.15) is 0 Å². The molecular formula is C17H26N2. The van der Waals surface area contributed by atoms with E-state index in [0.717, 1.165) is 12.5 Å². The Hall–Kier alpha value is -1.15. The van der Waals surface area contributed by atoms with E-state index in [0.29, 0.717) is 0 Å². The third kappa shape index (κ3) is 5.15. The molecule has 2 rings (SSSR count). The zero-order chi connectivity index (χ0) is 13.3. The molecule has 0 spiro atoms. The highest BCUT2D eigenvalue weighted by molar-refractivity contribution is 5.79. The fourth-order valence-corrected chi connectivity index (χ4v) is 2.62. The number of hydrogen-bond donors (Lipinski definition) is 0. The highest BCUT2D eigenvalue weighted by Crippen LogP contribution is 2.17. The predicted octanol–water partition coefficient (Wildman–Crippen LogP) is 3.62. The Morgan fingerprint density at radius 1 is 1.21 bits per heavy atom. The Bertz CT molecular complexity index is 364. The van der Waals surface area contributed by atoms with Gasteiger partial charge in [0.15, 0.2) is 0 Å². The molecule has 0 amide bonds. The number of nitrogens with zero attached hydrogens (tertiary/aromatic N) is 2. The van der Waals surface area contributed by atoms with Crippen LogP contribution in [-0.2, 0) is 0 Å². The van der Waals surface area contributed by atoms with Crippen LogP contribution >= 0.6 is 0 Å². The van der Waals surface area contributed by atoms with Gasteiger partial charge in [0.2, 0.25) is 0 Å². The molecule has 0 saturated carbocycles. The summed E-state index contributed by atoms with van der Waals surface area (Å²) >= 11 is 0. The SMILES string of the molecule is CCCCN1CCC(CN=Cc2ccccc2)CC1. The molecule has 0 bridgehead atoms. The number of hydrogen-bond acceptors (Lipinski definition) is 2. The zero-order valence-electron chi connectivity index (χ0n) is 12.1. The van der Waals surface area contributed by atoms with Crippen molar-refractivity contribution in [1.29, 1.82) is 0 Å². The van der Waals surface area contributed by atoms with E-state index in [9.17, 15) is 0 Å². The number of aliphatic imine (C=N–C) groups is 1. The zero-order valence-corrected chi connectivity index (χ0v) is 12.1. The van der Waals surface area contributed by atoms with Crippen LogP contribution in [0.5, 0.6) is 0 Å². The third-order valence-corrected chi connectivity index (χ3v) is 3.94. The van der Waals surface area contributed by atoms with Crippen LogP contribution in [0.15, 0.2) is 35.3 Å². The Morgan fingerprint density at radius 3 is 2.63 bits per heavy atom. The summed E-state index contributed by atoms with van der Waals surface area (Å²) in [5, 5.41) is 0. The van der Waals surface area contributed by atoms with Gasteiger partial charge in [0.25, 0.3) is 0 Å². The van der Waals surface area contributed by atoms with Gasteiger partial charge in [-0.05, 0) is 50.4 Å². The van der Waals surface area contributed by atoms with Crippen LogP contribution in [0.4, 0.5) is 0 Å². The van der Waals surface area contributed by atoms with Crippen LogP contribution in [0.3, 0.4) is 0 Å². The summed E-state index contributed by atoms with van der Waals surface area (Å²) in [5.74, 6) is 0.790. The second-order valence-corrected chi connectivity index (χ2v) is 5.54. The lowest BCUT2D eigenvalue weighted by Gasteiger charge is -2.31. The number of benzene rings is 1. The molecule has 0 aromatic heterocycles. The number of likely N-dealkylation sites (tertiary alicyclic amines) is 1. The van der Waals surface area contributed by atoms with Gasteiger partial charge in [0.1, 0.15) is 0 Å². The van der Waals surface area contributed by atoms with E-state index in [1.807, 2.05) is 12.3 Å². The van der Waals surface area contributed by atoms with Gasteiger partial charge in [0, 0.05) is 12.8 Å². The van der Waals surface area contributed by atoms with Crippen LogP contribution in [0.2, 0.25) is 0 Å². The van der Waals surface area contributed by atoms with Crippen molar-refractivity contribution in [3.05, 3.63) is 35.9 Å². The average molecular weight is 258 g/mol. The largest absolute Gasteiger partial charge is 0.303 e. The molecule has 1 aromatic carbocycles.